The van der Waals surface area contributed by atoms with Crippen molar-refractivity contribution in [2.45, 2.75) is 18.4 Å². The summed E-state index contributed by atoms with van der Waals surface area (Å²) in [6, 6.07) is 0. The first-order valence-corrected chi connectivity index (χ1v) is 9.53. The number of fused-ring (bicyclic) bond motifs is 1. The van der Waals surface area contributed by atoms with Crippen LogP contribution in [-0.2, 0) is 21.1 Å². The zero-order chi connectivity index (χ0) is 17.5. The number of hydrogen-bond donors (Lipinski definition) is 4. The molecule has 12 heteroatoms. The molecule has 1 aliphatic heterocycles. The highest BCUT2D eigenvalue weighted by Crippen LogP contribution is 2.41. The topological polar surface area (TPSA) is 149 Å². The molecule has 0 amide bonds. The van der Waals surface area contributed by atoms with Gasteiger partial charge in [-0.05, 0) is 11.8 Å². The summed E-state index contributed by atoms with van der Waals surface area (Å²) in [5.41, 5.74) is 6.63. The third-order valence-electron chi connectivity index (χ3n) is 3.76. The second-order valence-corrected chi connectivity index (χ2v) is 7.90. The van der Waals surface area contributed by atoms with Gasteiger partial charge in [0, 0.05) is 0 Å². The molecule has 130 valence electrons. The maximum Gasteiger partial charge on any atom is 0.321 e. The molecule has 24 heavy (non-hydrogen) atoms. The zero-order valence-electron chi connectivity index (χ0n) is 12.3. The Labute approximate surface area is 141 Å². The third kappa shape index (κ3) is 3.20. The van der Waals surface area contributed by atoms with Gasteiger partial charge in [0.1, 0.15) is 24.2 Å². The summed E-state index contributed by atoms with van der Waals surface area (Å²) in [6.07, 6.45) is 1.86. The third-order valence-corrected chi connectivity index (χ3v) is 4.56. The second kappa shape index (κ2) is 6.45. The lowest BCUT2D eigenvalue weighted by atomic mass is 10.00. The molecule has 0 radical (unpaired) electrons. The van der Waals surface area contributed by atoms with Crippen molar-refractivity contribution >= 4 is 35.5 Å². The van der Waals surface area contributed by atoms with Crippen molar-refractivity contribution in [3.63, 3.8) is 0 Å². The van der Waals surface area contributed by atoms with E-state index in [1.165, 1.54) is 12.7 Å². The fourth-order valence-corrected chi connectivity index (χ4v) is 3.16. The van der Waals surface area contributed by atoms with Gasteiger partial charge in [-0.1, -0.05) is 6.08 Å². The molecule has 10 nitrogen and oxygen atoms in total. The lowest BCUT2D eigenvalue weighted by Crippen LogP contribution is -2.29. The van der Waals surface area contributed by atoms with E-state index in [4.69, 9.17) is 24.8 Å². The molecule has 2 aromatic rings. The van der Waals surface area contributed by atoms with Gasteiger partial charge in [0.05, 0.1) is 25.0 Å². The predicted octanol–water partition coefficient (Wildman–Crippen LogP) is -0.305. The molecule has 0 saturated carbocycles. The SMILES string of the molecule is C=C[C@H]1[C@H](O)[C@@H](COP(O)(O)=S)O[C@H]1n1cnc2c(N)ncnc21. The van der Waals surface area contributed by atoms with E-state index in [0.29, 0.717) is 11.2 Å². The second-order valence-electron chi connectivity index (χ2n) is 5.24. The number of nitrogen functional groups attached to an aromatic ring is 1. The van der Waals surface area contributed by atoms with Gasteiger partial charge < -0.3 is 29.9 Å². The lowest BCUT2D eigenvalue weighted by Gasteiger charge is -2.18. The number of imidazole rings is 1. The van der Waals surface area contributed by atoms with E-state index >= 15 is 0 Å². The average molecular weight is 373 g/mol. The van der Waals surface area contributed by atoms with Crippen molar-refractivity contribution in [3.8, 4) is 0 Å². The molecule has 1 saturated heterocycles. The molecule has 0 bridgehead atoms. The van der Waals surface area contributed by atoms with Crippen molar-refractivity contribution in [1.82, 2.24) is 19.5 Å². The Balaban J connectivity index is 1.90. The number of ether oxygens (including phenoxy) is 1. The van der Waals surface area contributed by atoms with Crippen molar-refractivity contribution in [3.05, 3.63) is 25.3 Å². The Morgan fingerprint density at radius 1 is 1.46 bits per heavy atom. The van der Waals surface area contributed by atoms with E-state index in [9.17, 15) is 5.11 Å². The molecule has 0 unspecified atom stereocenters. The largest absolute Gasteiger partial charge is 0.390 e. The molecular formula is C12H16N5O5PS. The van der Waals surface area contributed by atoms with Crippen LogP contribution in [0.15, 0.2) is 25.3 Å². The van der Waals surface area contributed by atoms with Crippen molar-refractivity contribution in [2.24, 2.45) is 5.92 Å². The minimum absolute atomic E-state index is 0.230. The van der Waals surface area contributed by atoms with Gasteiger partial charge in [-0.15, -0.1) is 6.58 Å². The Morgan fingerprint density at radius 3 is 2.88 bits per heavy atom. The highest BCUT2D eigenvalue weighted by molar-refractivity contribution is 8.06. The fraction of sp³-hybridized carbons (Fsp3) is 0.417. The van der Waals surface area contributed by atoms with Crippen LogP contribution in [0, 0.1) is 5.92 Å². The number of aromatic nitrogens is 4. The molecule has 0 aromatic carbocycles. The smallest absolute Gasteiger partial charge is 0.321 e. The molecule has 1 fully saturated rings. The molecule has 3 heterocycles. The monoisotopic (exact) mass is 373 g/mol. The summed E-state index contributed by atoms with van der Waals surface area (Å²) < 4.78 is 12.2. The number of nitrogens with two attached hydrogens (primary N) is 1. The van der Waals surface area contributed by atoms with E-state index in [2.05, 4.69) is 33.3 Å². The van der Waals surface area contributed by atoms with Gasteiger partial charge in [-0.3, -0.25) is 4.57 Å². The number of nitrogens with zero attached hydrogens (tertiary/aromatic N) is 4. The van der Waals surface area contributed by atoms with Crippen LogP contribution in [0.2, 0.25) is 0 Å². The van der Waals surface area contributed by atoms with Crippen LogP contribution < -0.4 is 5.73 Å². The normalized spacial score (nSPS) is 27.6. The van der Waals surface area contributed by atoms with E-state index < -0.39 is 31.1 Å². The Bertz CT molecular complexity index is 810. The van der Waals surface area contributed by atoms with Crippen LogP contribution in [0.1, 0.15) is 6.23 Å². The summed E-state index contributed by atoms with van der Waals surface area (Å²) in [5, 5.41) is 10.4. The number of anilines is 1. The highest BCUT2D eigenvalue weighted by Gasteiger charge is 2.44. The van der Waals surface area contributed by atoms with Gasteiger partial charge in [-0.2, -0.15) is 0 Å². The summed E-state index contributed by atoms with van der Waals surface area (Å²) in [6.45, 7) is -0.396. The molecular weight excluding hydrogens is 357 g/mol. The maximum atomic E-state index is 10.4. The zero-order valence-corrected chi connectivity index (χ0v) is 14.0. The maximum absolute atomic E-state index is 10.4. The summed E-state index contributed by atoms with van der Waals surface area (Å²) in [4.78, 5) is 30.5. The van der Waals surface area contributed by atoms with Gasteiger partial charge in [0.15, 0.2) is 11.5 Å². The van der Waals surface area contributed by atoms with Crippen LogP contribution in [-0.4, -0.2) is 53.2 Å². The predicted molar refractivity (Wildman–Crippen MR) is 88.0 cm³/mol. The van der Waals surface area contributed by atoms with Gasteiger partial charge in [0.2, 0.25) is 0 Å². The summed E-state index contributed by atoms with van der Waals surface area (Å²) >= 11 is 4.40. The van der Waals surface area contributed by atoms with Crippen LogP contribution in [0.25, 0.3) is 11.2 Å². The molecule has 5 N–H and O–H groups in total. The Kier molecular flexibility index (Phi) is 4.67. The molecule has 1 aliphatic rings. The molecule has 3 rings (SSSR count). The molecule has 0 aliphatic carbocycles. The van der Waals surface area contributed by atoms with Crippen LogP contribution in [0.5, 0.6) is 0 Å². The Hall–Kier alpha value is -1.46. The van der Waals surface area contributed by atoms with Crippen molar-refractivity contribution in [2.75, 3.05) is 12.3 Å². The standard InChI is InChI=1S/C12H16N5O5PS/c1-2-6-9(18)7(3-21-23(19,20)24)22-12(6)17-5-16-8-10(13)14-4-15-11(8)17/h2,4-7,9,12,18H,1,3H2,(H2,13,14,15)(H2,19,20,24)/t6-,7+,9-,12+/m0/s1. The minimum atomic E-state index is -3.84. The van der Waals surface area contributed by atoms with Crippen LogP contribution >= 0.6 is 6.72 Å². The van der Waals surface area contributed by atoms with Crippen LogP contribution in [0.4, 0.5) is 5.82 Å². The highest BCUT2D eigenvalue weighted by atomic mass is 32.5. The van der Waals surface area contributed by atoms with Gasteiger partial charge >= 0.3 is 6.72 Å². The first kappa shape index (κ1) is 17.4. The first-order chi connectivity index (χ1) is 11.3. The van der Waals surface area contributed by atoms with E-state index in [1.54, 1.807) is 10.6 Å². The summed E-state index contributed by atoms with van der Waals surface area (Å²) in [7, 11) is 0. The average Bonchev–Trinajstić information content (AvgIpc) is 3.06. The fourth-order valence-electron chi connectivity index (χ4n) is 2.64. The molecule has 0 spiro atoms. The number of aliphatic hydroxyl groups is 1. The van der Waals surface area contributed by atoms with Crippen molar-refractivity contribution in [1.29, 1.82) is 0 Å². The molecule has 2 aromatic heterocycles. The van der Waals surface area contributed by atoms with E-state index in [0.717, 1.165) is 0 Å². The lowest BCUT2D eigenvalue weighted by molar-refractivity contribution is -0.0410. The van der Waals surface area contributed by atoms with Crippen LogP contribution in [0.3, 0.4) is 0 Å². The molecule has 4 atom stereocenters. The van der Waals surface area contributed by atoms with Gasteiger partial charge in [-0.25, -0.2) is 15.0 Å². The van der Waals surface area contributed by atoms with E-state index in [-0.39, 0.29) is 12.4 Å². The number of hydrogen-bond acceptors (Lipinski definition) is 8. The van der Waals surface area contributed by atoms with Gasteiger partial charge in [0.25, 0.3) is 0 Å². The quantitative estimate of drug-likeness (QED) is 0.406. The van der Waals surface area contributed by atoms with E-state index in [1.807, 2.05) is 0 Å². The number of rotatable bonds is 5. The minimum Gasteiger partial charge on any atom is -0.390 e. The first-order valence-electron chi connectivity index (χ1n) is 6.91. The summed E-state index contributed by atoms with van der Waals surface area (Å²) in [5.74, 6) is -0.268. The van der Waals surface area contributed by atoms with Crippen molar-refractivity contribution < 1.29 is 24.2 Å². The Morgan fingerprint density at radius 2 is 2.21 bits per heavy atom. The number of aliphatic hydroxyl groups excluding tert-OH is 1.